The molecule has 0 spiro atoms. The maximum absolute atomic E-state index is 12.8. The maximum atomic E-state index is 12.8. The smallest absolute Gasteiger partial charge is 0.335 e. The predicted molar refractivity (Wildman–Crippen MR) is 144 cm³/mol. The van der Waals surface area contributed by atoms with Gasteiger partial charge in [0, 0.05) is 16.6 Å². The number of carboxylic acids is 1. The second kappa shape index (κ2) is 11.2. The molecule has 1 aliphatic carbocycles. The highest BCUT2D eigenvalue weighted by molar-refractivity contribution is 5.94. The van der Waals surface area contributed by atoms with Gasteiger partial charge in [-0.2, -0.15) is 0 Å². The largest absolute Gasteiger partial charge is 0.486 e. The van der Waals surface area contributed by atoms with Gasteiger partial charge in [-0.25, -0.2) is 4.79 Å². The normalized spacial score (nSPS) is 13.7. The summed E-state index contributed by atoms with van der Waals surface area (Å²) in [5.74, 6) is 0.715. The molecule has 2 N–H and O–H groups in total. The van der Waals surface area contributed by atoms with E-state index >= 15 is 0 Å². The van der Waals surface area contributed by atoms with Crippen LogP contribution in [-0.4, -0.2) is 23.1 Å². The average Bonchev–Trinajstić information content (AvgIpc) is 2.92. The first-order valence-electron chi connectivity index (χ1n) is 12.6. The summed E-state index contributed by atoms with van der Waals surface area (Å²) >= 11 is 0. The fourth-order valence-corrected chi connectivity index (χ4v) is 4.72. The SMILES string of the molecule is O=C(Cc1ccccc1Oc1ccc2ccccc2c1OC1CCCCC1)Nc1ccc(C(=O)O)cc1. The Balaban J connectivity index is 1.37. The Bertz CT molecular complexity index is 1410. The maximum Gasteiger partial charge on any atom is 0.335 e. The molecule has 5 rings (SSSR count). The number of benzene rings is 4. The Morgan fingerprint density at radius 1 is 0.811 bits per heavy atom. The van der Waals surface area contributed by atoms with E-state index in [1.165, 1.54) is 31.4 Å². The summed E-state index contributed by atoms with van der Waals surface area (Å²) in [6.45, 7) is 0. The van der Waals surface area contributed by atoms with E-state index in [9.17, 15) is 9.59 Å². The molecule has 0 atom stereocenters. The topological polar surface area (TPSA) is 84.9 Å². The van der Waals surface area contributed by atoms with Crippen molar-refractivity contribution in [3.8, 4) is 17.2 Å². The summed E-state index contributed by atoms with van der Waals surface area (Å²) in [7, 11) is 0. The number of hydrogen-bond acceptors (Lipinski definition) is 4. The molecule has 4 aromatic rings. The second-order valence-electron chi connectivity index (χ2n) is 9.31. The number of ether oxygens (including phenoxy) is 2. The van der Waals surface area contributed by atoms with Gasteiger partial charge in [0.1, 0.15) is 5.75 Å². The van der Waals surface area contributed by atoms with E-state index in [0.29, 0.717) is 17.2 Å². The van der Waals surface area contributed by atoms with Gasteiger partial charge in [-0.1, -0.05) is 55.0 Å². The van der Waals surface area contributed by atoms with Crippen LogP contribution < -0.4 is 14.8 Å². The van der Waals surface area contributed by atoms with E-state index in [4.69, 9.17) is 14.6 Å². The quantitative estimate of drug-likeness (QED) is 0.269. The van der Waals surface area contributed by atoms with Crippen LogP contribution in [0.5, 0.6) is 17.2 Å². The molecular weight excluding hydrogens is 466 g/mol. The zero-order valence-corrected chi connectivity index (χ0v) is 20.5. The Kier molecular flexibility index (Phi) is 7.36. The molecule has 6 nitrogen and oxygen atoms in total. The van der Waals surface area contributed by atoms with Gasteiger partial charge in [-0.15, -0.1) is 0 Å². The number of carboxylic acid groups (broad SMARTS) is 1. The summed E-state index contributed by atoms with van der Waals surface area (Å²) in [5.41, 5.74) is 1.43. The highest BCUT2D eigenvalue weighted by atomic mass is 16.5. The molecule has 0 radical (unpaired) electrons. The molecule has 37 heavy (non-hydrogen) atoms. The van der Waals surface area contributed by atoms with Crippen LogP contribution in [0.2, 0.25) is 0 Å². The minimum Gasteiger partial charge on any atom is -0.486 e. The molecule has 0 aliphatic heterocycles. The van der Waals surface area contributed by atoms with Crippen molar-refractivity contribution in [2.45, 2.75) is 44.6 Å². The van der Waals surface area contributed by atoms with Crippen molar-refractivity contribution in [1.82, 2.24) is 0 Å². The van der Waals surface area contributed by atoms with Crippen molar-refractivity contribution in [1.29, 1.82) is 0 Å². The average molecular weight is 496 g/mol. The predicted octanol–water partition coefficient (Wildman–Crippen LogP) is 7.22. The third kappa shape index (κ3) is 5.92. The standard InChI is InChI=1S/C31H29NO5/c33-29(32-24-17-14-22(15-18-24)31(34)35)20-23-9-5-7-13-27(23)37-28-19-16-21-8-4-6-12-26(21)30(28)36-25-10-2-1-3-11-25/h4-9,12-19,25H,1-3,10-11,20H2,(H,32,33)(H,34,35). The van der Waals surface area contributed by atoms with Crippen LogP contribution in [0.4, 0.5) is 5.69 Å². The fourth-order valence-electron chi connectivity index (χ4n) is 4.72. The van der Waals surface area contributed by atoms with E-state index in [0.717, 1.165) is 34.9 Å². The molecule has 0 heterocycles. The lowest BCUT2D eigenvalue weighted by atomic mass is 9.97. The Morgan fingerprint density at radius 2 is 1.54 bits per heavy atom. The molecule has 0 aromatic heterocycles. The van der Waals surface area contributed by atoms with Crippen LogP contribution in [0.25, 0.3) is 10.8 Å². The second-order valence-corrected chi connectivity index (χ2v) is 9.31. The van der Waals surface area contributed by atoms with Crippen molar-refractivity contribution < 1.29 is 24.2 Å². The number of para-hydroxylation sites is 1. The summed E-state index contributed by atoms with van der Waals surface area (Å²) in [6.07, 6.45) is 5.92. The number of aromatic carboxylic acids is 1. The number of amides is 1. The first-order valence-corrected chi connectivity index (χ1v) is 12.6. The first-order chi connectivity index (χ1) is 18.1. The van der Waals surface area contributed by atoms with Crippen molar-refractivity contribution in [3.05, 3.63) is 96.1 Å². The molecular formula is C31H29NO5. The highest BCUT2D eigenvalue weighted by Gasteiger charge is 2.20. The van der Waals surface area contributed by atoms with Crippen LogP contribution >= 0.6 is 0 Å². The van der Waals surface area contributed by atoms with Crippen molar-refractivity contribution in [2.24, 2.45) is 0 Å². The fraction of sp³-hybridized carbons (Fsp3) is 0.226. The van der Waals surface area contributed by atoms with Gasteiger partial charge in [-0.05, 0) is 67.5 Å². The van der Waals surface area contributed by atoms with E-state index in [1.54, 1.807) is 12.1 Å². The molecule has 1 saturated carbocycles. The number of rotatable bonds is 8. The Labute approximate surface area is 215 Å². The van der Waals surface area contributed by atoms with Gasteiger partial charge in [-0.3, -0.25) is 4.79 Å². The summed E-state index contributed by atoms with van der Waals surface area (Å²) in [5, 5.41) is 14.0. The first kappa shape index (κ1) is 24.4. The Morgan fingerprint density at radius 3 is 2.32 bits per heavy atom. The molecule has 188 valence electrons. The minimum atomic E-state index is -1.01. The lowest BCUT2D eigenvalue weighted by Crippen LogP contribution is -2.20. The van der Waals surface area contributed by atoms with Gasteiger partial charge in [0.2, 0.25) is 5.91 Å². The van der Waals surface area contributed by atoms with Crippen LogP contribution in [0, 0.1) is 0 Å². The minimum absolute atomic E-state index is 0.100. The summed E-state index contributed by atoms with van der Waals surface area (Å²) in [6, 6.07) is 25.6. The summed E-state index contributed by atoms with van der Waals surface area (Å²) < 4.78 is 13.0. The van der Waals surface area contributed by atoms with Gasteiger partial charge >= 0.3 is 5.97 Å². The van der Waals surface area contributed by atoms with Gasteiger partial charge < -0.3 is 19.9 Å². The molecule has 4 aromatic carbocycles. The molecule has 1 aliphatic rings. The van der Waals surface area contributed by atoms with E-state index in [1.807, 2.05) is 48.5 Å². The lowest BCUT2D eigenvalue weighted by molar-refractivity contribution is -0.115. The zero-order chi connectivity index (χ0) is 25.6. The number of anilines is 1. The third-order valence-electron chi connectivity index (χ3n) is 6.64. The van der Waals surface area contributed by atoms with Gasteiger partial charge in [0.15, 0.2) is 11.5 Å². The molecule has 6 heteroatoms. The van der Waals surface area contributed by atoms with E-state index in [-0.39, 0.29) is 24.0 Å². The molecule has 0 bridgehead atoms. The van der Waals surface area contributed by atoms with E-state index in [2.05, 4.69) is 17.4 Å². The van der Waals surface area contributed by atoms with Crippen LogP contribution in [0.15, 0.2) is 84.9 Å². The highest BCUT2D eigenvalue weighted by Crippen LogP contribution is 2.41. The number of hydrogen-bond donors (Lipinski definition) is 2. The number of carbonyl (C=O) groups excluding carboxylic acids is 1. The molecule has 0 saturated heterocycles. The Hall–Kier alpha value is -4.32. The van der Waals surface area contributed by atoms with Crippen molar-refractivity contribution >= 4 is 28.3 Å². The molecule has 0 unspecified atom stereocenters. The number of nitrogens with one attached hydrogen (secondary N) is 1. The summed E-state index contributed by atoms with van der Waals surface area (Å²) in [4.78, 5) is 23.9. The van der Waals surface area contributed by atoms with Crippen LogP contribution in [0.3, 0.4) is 0 Å². The monoisotopic (exact) mass is 495 g/mol. The van der Waals surface area contributed by atoms with Gasteiger partial charge in [0.05, 0.1) is 18.1 Å². The lowest BCUT2D eigenvalue weighted by Gasteiger charge is -2.25. The van der Waals surface area contributed by atoms with E-state index < -0.39 is 5.97 Å². The van der Waals surface area contributed by atoms with Gasteiger partial charge in [0.25, 0.3) is 0 Å². The van der Waals surface area contributed by atoms with Crippen LogP contribution in [-0.2, 0) is 11.2 Å². The third-order valence-corrected chi connectivity index (χ3v) is 6.64. The van der Waals surface area contributed by atoms with Crippen molar-refractivity contribution in [2.75, 3.05) is 5.32 Å². The zero-order valence-electron chi connectivity index (χ0n) is 20.5. The number of fused-ring (bicyclic) bond motifs is 1. The van der Waals surface area contributed by atoms with Crippen molar-refractivity contribution in [3.63, 3.8) is 0 Å². The molecule has 1 fully saturated rings. The van der Waals surface area contributed by atoms with Crippen LogP contribution in [0.1, 0.15) is 48.0 Å². The molecule has 1 amide bonds. The number of carbonyl (C=O) groups is 2.